The predicted octanol–water partition coefficient (Wildman–Crippen LogP) is 4.21. The van der Waals surface area contributed by atoms with Gasteiger partial charge in [-0.25, -0.2) is 4.79 Å². The SMILES string of the molecule is [2H]c1c(C(=O)OC(C)C)cc(OC(C)C)c2c(OC)cc(OC)cc12. The summed E-state index contributed by atoms with van der Waals surface area (Å²) in [5.41, 5.74) is 0.146. The second kappa shape index (κ2) is 7.43. The Morgan fingerprint density at radius 3 is 2.25 bits per heavy atom. The summed E-state index contributed by atoms with van der Waals surface area (Å²) in [6.07, 6.45) is -0.391. The molecule has 0 N–H and O–H groups in total. The minimum absolute atomic E-state index is 0.0500. The molecule has 2 rings (SSSR count). The van der Waals surface area contributed by atoms with Crippen molar-refractivity contribution < 1.29 is 25.1 Å². The van der Waals surface area contributed by atoms with Gasteiger partial charge in [0.25, 0.3) is 0 Å². The van der Waals surface area contributed by atoms with Gasteiger partial charge in [0.2, 0.25) is 0 Å². The molecular weight excluding hydrogens is 308 g/mol. The first-order valence-electron chi connectivity index (χ1n) is 8.35. The second-order valence-corrected chi connectivity index (χ2v) is 5.92. The van der Waals surface area contributed by atoms with Gasteiger partial charge >= 0.3 is 5.97 Å². The molecular formula is C19H24O5. The number of esters is 1. The van der Waals surface area contributed by atoms with Crippen molar-refractivity contribution in [2.45, 2.75) is 39.9 Å². The summed E-state index contributed by atoms with van der Waals surface area (Å²) < 4.78 is 30.4. The molecule has 0 aliphatic heterocycles. The summed E-state index contributed by atoms with van der Waals surface area (Å²) in [5.74, 6) is 0.957. The molecule has 0 aliphatic rings. The van der Waals surface area contributed by atoms with Gasteiger partial charge < -0.3 is 18.9 Å². The minimum Gasteiger partial charge on any atom is -0.497 e. The first-order valence-corrected chi connectivity index (χ1v) is 7.85. The third kappa shape index (κ3) is 3.91. The van der Waals surface area contributed by atoms with Crippen molar-refractivity contribution in [3.8, 4) is 17.2 Å². The van der Waals surface area contributed by atoms with Crippen LogP contribution in [0.2, 0.25) is 0 Å². The van der Waals surface area contributed by atoms with Crippen LogP contribution in [0.25, 0.3) is 10.8 Å². The van der Waals surface area contributed by atoms with Crippen molar-refractivity contribution in [3.63, 3.8) is 0 Å². The van der Waals surface area contributed by atoms with Crippen molar-refractivity contribution >= 4 is 16.7 Å². The van der Waals surface area contributed by atoms with Gasteiger partial charge in [-0.05, 0) is 51.3 Å². The molecule has 0 fully saturated rings. The molecule has 5 heteroatoms. The topological polar surface area (TPSA) is 54.0 Å². The van der Waals surface area contributed by atoms with Crippen LogP contribution in [-0.4, -0.2) is 32.4 Å². The molecule has 5 nitrogen and oxygen atoms in total. The smallest absolute Gasteiger partial charge is 0.338 e. The van der Waals surface area contributed by atoms with Crippen molar-refractivity contribution in [2.75, 3.05) is 14.2 Å². The van der Waals surface area contributed by atoms with Crippen LogP contribution in [0, 0.1) is 0 Å². The summed E-state index contributed by atoms with van der Waals surface area (Å²) in [5, 5.41) is 1.13. The average Bonchev–Trinajstić information content (AvgIpc) is 2.55. The zero-order valence-corrected chi connectivity index (χ0v) is 14.9. The van der Waals surface area contributed by atoms with Crippen LogP contribution in [0.1, 0.15) is 39.4 Å². The lowest BCUT2D eigenvalue weighted by molar-refractivity contribution is 0.0377. The van der Waals surface area contributed by atoms with Crippen LogP contribution in [0.3, 0.4) is 0 Å². The molecule has 0 amide bonds. The Morgan fingerprint density at radius 1 is 1.00 bits per heavy atom. The van der Waals surface area contributed by atoms with E-state index in [4.69, 9.17) is 20.3 Å². The molecule has 0 spiro atoms. The largest absolute Gasteiger partial charge is 0.497 e. The summed E-state index contributed by atoms with van der Waals surface area (Å²) in [4.78, 5) is 12.4. The predicted molar refractivity (Wildman–Crippen MR) is 93.4 cm³/mol. The highest BCUT2D eigenvalue weighted by Crippen LogP contribution is 2.39. The zero-order valence-electron chi connectivity index (χ0n) is 15.9. The number of ether oxygens (including phenoxy) is 4. The van der Waals surface area contributed by atoms with E-state index in [0.29, 0.717) is 28.0 Å². The Morgan fingerprint density at radius 2 is 1.71 bits per heavy atom. The van der Waals surface area contributed by atoms with Gasteiger partial charge in [0.15, 0.2) is 0 Å². The third-order valence-corrected chi connectivity index (χ3v) is 3.25. The fourth-order valence-corrected chi connectivity index (χ4v) is 2.34. The quantitative estimate of drug-likeness (QED) is 0.741. The fourth-order valence-electron chi connectivity index (χ4n) is 2.34. The first-order chi connectivity index (χ1) is 11.8. The number of fused-ring (bicyclic) bond motifs is 1. The zero-order chi connectivity index (χ0) is 18.7. The number of hydrogen-bond acceptors (Lipinski definition) is 5. The van der Waals surface area contributed by atoms with Crippen LogP contribution in [0.5, 0.6) is 17.2 Å². The van der Waals surface area contributed by atoms with E-state index in [2.05, 4.69) is 0 Å². The van der Waals surface area contributed by atoms with Crippen LogP contribution < -0.4 is 14.2 Å². The maximum absolute atomic E-state index is 12.4. The van der Waals surface area contributed by atoms with Gasteiger partial charge in [0, 0.05) is 6.07 Å². The van der Waals surface area contributed by atoms with Crippen LogP contribution in [0.15, 0.2) is 24.2 Å². The summed E-state index contributed by atoms with van der Waals surface area (Å²) in [7, 11) is 3.07. The normalized spacial score (nSPS) is 11.6. The Hall–Kier alpha value is -2.43. The number of carbonyl (C=O) groups excluding carboxylic acids is 1. The van der Waals surface area contributed by atoms with Crippen LogP contribution in [0.4, 0.5) is 0 Å². The highest BCUT2D eigenvalue weighted by molar-refractivity contribution is 6.01. The molecule has 2 aromatic rings. The molecule has 0 unspecified atom stereocenters. The maximum atomic E-state index is 12.4. The Labute approximate surface area is 143 Å². The van der Waals surface area contributed by atoms with E-state index in [1.165, 1.54) is 14.2 Å². The van der Waals surface area contributed by atoms with E-state index in [1.54, 1.807) is 32.0 Å². The van der Waals surface area contributed by atoms with Crippen molar-refractivity contribution in [3.05, 3.63) is 29.8 Å². The molecule has 130 valence electrons. The van der Waals surface area contributed by atoms with Crippen LogP contribution >= 0.6 is 0 Å². The number of rotatable bonds is 6. The number of benzene rings is 2. The molecule has 0 bridgehead atoms. The molecule has 0 saturated carbocycles. The lowest BCUT2D eigenvalue weighted by Crippen LogP contribution is -2.13. The molecule has 0 radical (unpaired) electrons. The Balaban J connectivity index is 2.80. The number of carbonyl (C=O) groups is 1. The molecule has 2 aromatic carbocycles. The molecule has 0 aromatic heterocycles. The molecule has 0 atom stereocenters. The minimum atomic E-state index is -0.558. The highest BCUT2D eigenvalue weighted by Gasteiger charge is 2.18. The van der Waals surface area contributed by atoms with Crippen molar-refractivity contribution in [1.82, 2.24) is 0 Å². The second-order valence-electron chi connectivity index (χ2n) is 5.92. The van der Waals surface area contributed by atoms with Gasteiger partial charge in [-0.2, -0.15) is 0 Å². The monoisotopic (exact) mass is 333 g/mol. The van der Waals surface area contributed by atoms with E-state index >= 15 is 0 Å². The lowest BCUT2D eigenvalue weighted by atomic mass is 10.0. The van der Waals surface area contributed by atoms with E-state index in [9.17, 15) is 4.79 Å². The standard InChI is InChI=1S/C19H24O5/c1-11(2)23-17-9-14(19(20)24-12(3)4)7-13-8-15(21-5)10-16(22-6)18(13)17/h7-12H,1-6H3/i7D. The summed E-state index contributed by atoms with van der Waals surface area (Å²) in [6.45, 7) is 7.31. The van der Waals surface area contributed by atoms with Gasteiger partial charge in [-0.1, -0.05) is 0 Å². The average molecular weight is 333 g/mol. The Kier molecular flexibility index (Phi) is 5.08. The van der Waals surface area contributed by atoms with Gasteiger partial charge in [0.05, 0.1) is 38.7 Å². The van der Waals surface area contributed by atoms with Gasteiger partial charge in [-0.15, -0.1) is 0 Å². The van der Waals surface area contributed by atoms with E-state index in [1.807, 2.05) is 13.8 Å². The van der Waals surface area contributed by atoms with Crippen LogP contribution in [-0.2, 0) is 4.74 Å². The maximum Gasteiger partial charge on any atom is 0.338 e. The Bertz CT molecular complexity index is 783. The molecule has 24 heavy (non-hydrogen) atoms. The number of hydrogen-bond donors (Lipinski definition) is 0. The van der Waals surface area contributed by atoms with Gasteiger partial charge in [-0.3, -0.25) is 0 Å². The number of methoxy groups -OCH3 is 2. The van der Waals surface area contributed by atoms with Gasteiger partial charge in [0.1, 0.15) is 17.2 Å². The van der Waals surface area contributed by atoms with E-state index < -0.39 is 5.97 Å². The fraction of sp³-hybridized carbons (Fsp3) is 0.421. The third-order valence-electron chi connectivity index (χ3n) is 3.25. The molecule has 0 heterocycles. The summed E-state index contributed by atoms with van der Waals surface area (Å²) >= 11 is 0. The summed E-state index contributed by atoms with van der Waals surface area (Å²) in [6, 6.07) is 5.01. The molecule has 0 saturated heterocycles. The highest BCUT2D eigenvalue weighted by atomic mass is 16.5. The first kappa shape index (κ1) is 16.4. The lowest BCUT2D eigenvalue weighted by Gasteiger charge is -2.17. The van der Waals surface area contributed by atoms with E-state index in [-0.39, 0.29) is 23.8 Å². The molecule has 0 aliphatic carbocycles. The van der Waals surface area contributed by atoms with Crippen molar-refractivity contribution in [2.24, 2.45) is 0 Å². The van der Waals surface area contributed by atoms with E-state index in [0.717, 1.165) is 0 Å². The van der Waals surface area contributed by atoms with Crippen molar-refractivity contribution in [1.29, 1.82) is 0 Å².